The molecule has 2 aromatic heterocycles. The van der Waals surface area contributed by atoms with Gasteiger partial charge in [0.1, 0.15) is 0 Å². The molecule has 6 heteroatoms. The fraction of sp³-hybridized carbons (Fsp3) is 0.455. The van der Waals surface area contributed by atoms with Crippen molar-refractivity contribution < 1.29 is 0 Å². The molecule has 0 saturated carbocycles. The molecule has 1 aliphatic heterocycles. The van der Waals surface area contributed by atoms with Crippen LogP contribution in [0.15, 0.2) is 23.1 Å². The van der Waals surface area contributed by atoms with E-state index < -0.39 is 0 Å². The highest BCUT2D eigenvalue weighted by atomic mass is 32.1. The maximum absolute atomic E-state index is 12.0. The van der Waals surface area contributed by atoms with Crippen molar-refractivity contribution in [3.63, 3.8) is 0 Å². The van der Waals surface area contributed by atoms with Gasteiger partial charge in [0.25, 0.3) is 0 Å². The number of H-pyrrole nitrogens is 1. The smallest absolute Gasteiger partial charge is 0.290 e. The molecule has 0 unspecified atom stereocenters. The van der Waals surface area contributed by atoms with Crippen LogP contribution in [-0.2, 0) is 0 Å². The minimum Gasteiger partial charge on any atom is -0.290 e. The lowest BCUT2D eigenvalue weighted by Crippen LogP contribution is -2.32. The number of aromatic amines is 1. The predicted molar refractivity (Wildman–Crippen MR) is 69.2 cm³/mol. The molecule has 1 N–H and O–H groups in total. The molecule has 1 saturated heterocycles. The van der Waals surface area contributed by atoms with Crippen molar-refractivity contribution >= 4 is 24.0 Å². The summed E-state index contributed by atoms with van der Waals surface area (Å²) < 4.78 is 3.83. The van der Waals surface area contributed by atoms with E-state index in [1.165, 1.54) is 0 Å². The van der Waals surface area contributed by atoms with Crippen LogP contribution in [0.2, 0.25) is 0 Å². The molecule has 3 heterocycles. The summed E-state index contributed by atoms with van der Waals surface area (Å²) in [6, 6.07) is 4.05. The van der Waals surface area contributed by atoms with Gasteiger partial charge in [-0.1, -0.05) is 12.8 Å². The molecule has 17 heavy (non-hydrogen) atoms. The lowest BCUT2D eigenvalue weighted by atomic mass is 10.1. The van der Waals surface area contributed by atoms with E-state index in [1.807, 2.05) is 21.0 Å². The van der Waals surface area contributed by atoms with Gasteiger partial charge < -0.3 is 0 Å². The third-order valence-corrected chi connectivity index (χ3v) is 3.70. The zero-order valence-electron chi connectivity index (χ0n) is 9.33. The Labute approximate surface area is 104 Å². The monoisotopic (exact) mass is 250 g/mol. The van der Waals surface area contributed by atoms with Crippen LogP contribution in [0.4, 0.5) is 0 Å². The molecule has 1 aliphatic rings. The van der Waals surface area contributed by atoms with Crippen LogP contribution in [0, 0.1) is 0 Å². The average molecular weight is 250 g/mol. The van der Waals surface area contributed by atoms with Crippen molar-refractivity contribution in [3.05, 3.63) is 28.8 Å². The number of thiol groups is 1. The van der Waals surface area contributed by atoms with Crippen molar-refractivity contribution in [3.8, 4) is 0 Å². The molecule has 90 valence electrons. The number of aromatic nitrogens is 3. The molecule has 0 atom stereocenters. The summed E-state index contributed by atoms with van der Waals surface area (Å²) in [4.78, 5) is 18.9. The van der Waals surface area contributed by atoms with Crippen LogP contribution in [0.5, 0.6) is 0 Å². The molecule has 1 fully saturated rings. The fourth-order valence-corrected chi connectivity index (χ4v) is 2.66. The average Bonchev–Trinajstić information content (AvgIpc) is 2.66. The Balaban J connectivity index is 2.05. The summed E-state index contributed by atoms with van der Waals surface area (Å²) in [6.07, 6.45) is 3.59. The standard InChI is InChI=1S/C11H14N4OS/c16-11-13-10-9(2-1-5-12-10)15(11)8-3-6-14(17)7-4-8/h1-2,5,8,17H,3-4,6-7H2,(H,12,13,16). The Morgan fingerprint density at radius 1 is 1.41 bits per heavy atom. The Morgan fingerprint density at radius 2 is 2.18 bits per heavy atom. The van der Waals surface area contributed by atoms with Crippen molar-refractivity contribution in [2.45, 2.75) is 18.9 Å². The molecule has 0 spiro atoms. The summed E-state index contributed by atoms with van der Waals surface area (Å²) >= 11 is 4.32. The van der Waals surface area contributed by atoms with Gasteiger partial charge in [-0.15, -0.1) is 0 Å². The van der Waals surface area contributed by atoms with E-state index >= 15 is 0 Å². The summed E-state index contributed by atoms with van der Waals surface area (Å²) in [7, 11) is 0. The lowest BCUT2D eigenvalue weighted by Gasteiger charge is -2.28. The Kier molecular flexibility index (Phi) is 2.68. The summed E-state index contributed by atoms with van der Waals surface area (Å²) in [5.74, 6) is 0. The zero-order chi connectivity index (χ0) is 11.8. The molecule has 0 aliphatic carbocycles. The highest BCUT2D eigenvalue weighted by molar-refractivity contribution is 7.77. The van der Waals surface area contributed by atoms with Crippen LogP contribution in [0.1, 0.15) is 18.9 Å². The fourth-order valence-electron chi connectivity index (χ4n) is 2.43. The zero-order valence-corrected chi connectivity index (χ0v) is 10.2. The Hall–Kier alpha value is -1.27. The summed E-state index contributed by atoms with van der Waals surface area (Å²) in [5.41, 5.74) is 1.51. The Morgan fingerprint density at radius 3 is 2.94 bits per heavy atom. The number of fused-ring (bicyclic) bond motifs is 1. The quantitative estimate of drug-likeness (QED) is 0.748. The predicted octanol–water partition coefficient (Wildman–Crippen LogP) is 1.21. The van der Waals surface area contributed by atoms with Gasteiger partial charge in [-0.3, -0.25) is 13.9 Å². The van der Waals surface area contributed by atoms with E-state index in [1.54, 1.807) is 6.20 Å². The summed E-state index contributed by atoms with van der Waals surface area (Å²) in [6.45, 7) is 1.82. The van der Waals surface area contributed by atoms with E-state index in [2.05, 4.69) is 22.8 Å². The molecular weight excluding hydrogens is 236 g/mol. The second kappa shape index (κ2) is 4.19. The molecule has 0 aromatic carbocycles. The maximum Gasteiger partial charge on any atom is 0.327 e. The number of rotatable bonds is 1. The first-order valence-electron chi connectivity index (χ1n) is 5.75. The molecule has 0 radical (unpaired) electrons. The van der Waals surface area contributed by atoms with Gasteiger partial charge >= 0.3 is 5.69 Å². The van der Waals surface area contributed by atoms with Gasteiger partial charge in [-0.2, -0.15) is 0 Å². The van der Waals surface area contributed by atoms with Crippen LogP contribution >= 0.6 is 12.8 Å². The molecule has 5 nitrogen and oxygen atoms in total. The minimum absolute atomic E-state index is 0.0590. The van der Waals surface area contributed by atoms with Crippen molar-refractivity contribution in [1.82, 2.24) is 18.8 Å². The number of nitrogens with zero attached hydrogens (tertiary/aromatic N) is 3. The number of piperidine rings is 1. The first kappa shape index (κ1) is 10.9. The van der Waals surface area contributed by atoms with Crippen LogP contribution in [0.25, 0.3) is 11.2 Å². The van der Waals surface area contributed by atoms with Crippen molar-refractivity contribution in [2.75, 3.05) is 13.1 Å². The summed E-state index contributed by atoms with van der Waals surface area (Å²) in [5, 5.41) is 0. The first-order chi connectivity index (χ1) is 8.25. The van der Waals surface area contributed by atoms with Crippen molar-refractivity contribution in [2.24, 2.45) is 0 Å². The van der Waals surface area contributed by atoms with Gasteiger partial charge in [-0.25, -0.2) is 9.78 Å². The molecule has 0 amide bonds. The highest BCUT2D eigenvalue weighted by Gasteiger charge is 2.22. The van der Waals surface area contributed by atoms with Gasteiger partial charge in [0.2, 0.25) is 0 Å². The van der Waals surface area contributed by atoms with E-state index in [0.717, 1.165) is 31.4 Å². The van der Waals surface area contributed by atoms with Crippen LogP contribution in [0.3, 0.4) is 0 Å². The third kappa shape index (κ3) is 1.87. The number of pyridine rings is 1. The van der Waals surface area contributed by atoms with E-state index in [9.17, 15) is 4.79 Å². The van der Waals surface area contributed by atoms with E-state index in [-0.39, 0.29) is 11.7 Å². The van der Waals surface area contributed by atoms with Crippen LogP contribution < -0.4 is 5.69 Å². The molecule has 3 rings (SSSR count). The lowest BCUT2D eigenvalue weighted by molar-refractivity contribution is 0.293. The molecule has 0 bridgehead atoms. The van der Waals surface area contributed by atoms with Gasteiger partial charge in [0.15, 0.2) is 5.65 Å². The molecular formula is C11H14N4OS. The number of nitrogens with one attached hydrogen (secondary N) is 1. The van der Waals surface area contributed by atoms with Crippen LogP contribution in [-0.4, -0.2) is 31.9 Å². The van der Waals surface area contributed by atoms with Gasteiger partial charge in [-0.05, 0) is 25.0 Å². The topological polar surface area (TPSA) is 53.9 Å². The van der Waals surface area contributed by atoms with Gasteiger partial charge in [0.05, 0.1) is 5.52 Å². The first-order valence-corrected chi connectivity index (χ1v) is 6.15. The van der Waals surface area contributed by atoms with E-state index in [0.29, 0.717) is 5.65 Å². The second-order valence-electron chi connectivity index (χ2n) is 4.36. The molecule has 2 aromatic rings. The minimum atomic E-state index is -0.0590. The van der Waals surface area contributed by atoms with E-state index in [4.69, 9.17) is 0 Å². The third-order valence-electron chi connectivity index (χ3n) is 3.30. The maximum atomic E-state index is 12.0. The second-order valence-corrected chi connectivity index (χ2v) is 4.92. The number of imidazole rings is 1. The van der Waals surface area contributed by atoms with Crippen molar-refractivity contribution in [1.29, 1.82) is 0 Å². The number of hydrogen-bond acceptors (Lipinski definition) is 4. The largest absolute Gasteiger partial charge is 0.327 e. The highest BCUT2D eigenvalue weighted by Crippen LogP contribution is 2.24. The normalized spacial score (nSPS) is 18.9. The van der Waals surface area contributed by atoms with Gasteiger partial charge in [0, 0.05) is 25.3 Å². The number of hydrogen-bond donors (Lipinski definition) is 2. The SMILES string of the molecule is O=c1[nH]c2ncccc2n1C1CCN(S)CC1. The Bertz CT molecular complexity index is 582.